The van der Waals surface area contributed by atoms with Crippen molar-refractivity contribution in [3.8, 4) is 5.88 Å². The van der Waals surface area contributed by atoms with Gasteiger partial charge in [-0.25, -0.2) is 19.3 Å². The highest BCUT2D eigenvalue weighted by molar-refractivity contribution is 5.81. The molecule has 0 amide bonds. The lowest BCUT2D eigenvalue weighted by Gasteiger charge is -2.39. The van der Waals surface area contributed by atoms with E-state index in [-0.39, 0.29) is 11.6 Å². The van der Waals surface area contributed by atoms with Crippen LogP contribution in [0.2, 0.25) is 0 Å². The molecule has 0 atom stereocenters. The van der Waals surface area contributed by atoms with Crippen LogP contribution in [-0.4, -0.2) is 54.5 Å². The van der Waals surface area contributed by atoms with Crippen LogP contribution in [0.3, 0.4) is 0 Å². The van der Waals surface area contributed by atoms with E-state index >= 15 is 0 Å². The van der Waals surface area contributed by atoms with Gasteiger partial charge in [0.2, 0.25) is 17.7 Å². The SMILES string of the molecule is CCCC[n+]1c2c(c(=O)n3c(C)nnc31)=NC(c1cnn(C3CN(c4nccc(OC)n4)C3)c1)=C2. The number of hydrogen-bond acceptors (Lipinski definition) is 9. The third-order valence-corrected chi connectivity index (χ3v) is 6.47. The molecule has 0 unspecified atom stereocenters. The van der Waals surface area contributed by atoms with E-state index in [1.54, 1.807) is 36.9 Å². The first-order chi connectivity index (χ1) is 17.1. The van der Waals surface area contributed by atoms with Crippen molar-refractivity contribution in [1.29, 1.82) is 0 Å². The van der Waals surface area contributed by atoms with E-state index in [1.165, 1.54) is 0 Å². The van der Waals surface area contributed by atoms with Crippen molar-refractivity contribution in [1.82, 2.24) is 34.3 Å². The number of anilines is 1. The van der Waals surface area contributed by atoms with Crippen molar-refractivity contribution in [2.24, 2.45) is 4.99 Å². The molecule has 0 saturated carbocycles. The predicted molar refractivity (Wildman–Crippen MR) is 126 cm³/mol. The van der Waals surface area contributed by atoms with Crippen molar-refractivity contribution >= 4 is 23.5 Å². The van der Waals surface area contributed by atoms with Crippen molar-refractivity contribution in [3.05, 3.63) is 57.4 Å². The Hall–Kier alpha value is -4.22. The van der Waals surface area contributed by atoms with E-state index < -0.39 is 0 Å². The van der Waals surface area contributed by atoms with Crippen LogP contribution in [0.4, 0.5) is 5.95 Å². The lowest BCUT2D eigenvalue weighted by atomic mass is 10.1. The maximum absolute atomic E-state index is 13.2. The number of methoxy groups -OCH3 is 1. The number of ether oxygens (including phenoxy) is 1. The summed E-state index contributed by atoms with van der Waals surface area (Å²) < 4.78 is 10.7. The summed E-state index contributed by atoms with van der Waals surface area (Å²) in [4.78, 5) is 28.7. The van der Waals surface area contributed by atoms with Crippen LogP contribution >= 0.6 is 0 Å². The van der Waals surface area contributed by atoms with Gasteiger partial charge in [-0.15, -0.1) is 4.40 Å². The van der Waals surface area contributed by atoms with Crippen LogP contribution in [0.1, 0.15) is 42.9 Å². The standard InChI is InChI=1S/C23H25N10O2/c1-4-5-8-31-18-9-17(26-20(18)21(34)33-14(2)28-29-23(31)33)15-10-25-32(11-15)16-12-30(13-16)22-24-7-6-19(27-22)35-3/h6-7,9-11,16H,4-5,8,12-13H2,1-3H3/q+1. The zero-order valence-electron chi connectivity index (χ0n) is 19.8. The number of rotatable bonds is 7. The number of nitrogens with zero attached hydrogens (tertiary/aromatic N) is 10. The summed E-state index contributed by atoms with van der Waals surface area (Å²) in [6.45, 7) is 6.15. The van der Waals surface area contributed by atoms with Gasteiger partial charge in [-0.1, -0.05) is 13.3 Å². The van der Waals surface area contributed by atoms with Crippen LogP contribution in [0.15, 0.2) is 34.4 Å². The third kappa shape index (κ3) is 3.44. The molecular weight excluding hydrogens is 448 g/mol. The van der Waals surface area contributed by atoms with Gasteiger partial charge >= 0.3 is 11.3 Å². The summed E-state index contributed by atoms with van der Waals surface area (Å²) in [6.07, 6.45) is 9.42. The third-order valence-electron chi connectivity index (χ3n) is 6.47. The summed E-state index contributed by atoms with van der Waals surface area (Å²) in [7, 11) is 1.59. The fourth-order valence-electron chi connectivity index (χ4n) is 4.49. The van der Waals surface area contributed by atoms with Gasteiger partial charge in [0.05, 0.1) is 31.6 Å². The fraction of sp³-hybridized carbons (Fsp3) is 0.391. The average Bonchev–Trinajstić information content (AvgIpc) is 3.57. The van der Waals surface area contributed by atoms with E-state index in [1.807, 2.05) is 21.5 Å². The molecular formula is C23H25N10O2+. The van der Waals surface area contributed by atoms with Gasteiger partial charge in [0.25, 0.3) is 0 Å². The Balaban J connectivity index is 1.28. The molecule has 12 nitrogen and oxygen atoms in total. The first-order valence-corrected chi connectivity index (χ1v) is 11.7. The van der Waals surface area contributed by atoms with Crippen LogP contribution in [0.5, 0.6) is 5.88 Å². The number of fused-ring (bicyclic) bond motifs is 2. The second-order valence-electron chi connectivity index (χ2n) is 8.74. The highest BCUT2D eigenvalue weighted by Gasteiger charge is 2.32. The molecule has 1 saturated heterocycles. The molecule has 6 rings (SSSR count). The Labute approximate surface area is 200 Å². The normalized spacial score (nSPS) is 15.2. The Morgan fingerprint density at radius 2 is 2.11 bits per heavy atom. The Morgan fingerprint density at radius 3 is 2.91 bits per heavy atom. The topological polar surface area (TPSA) is 120 Å². The van der Waals surface area contributed by atoms with Crippen LogP contribution in [0, 0.1) is 6.92 Å². The minimum Gasteiger partial charge on any atom is -0.481 e. The van der Waals surface area contributed by atoms with Crippen LogP contribution in [0.25, 0.3) is 17.6 Å². The largest absolute Gasteiger partial charge is 0.481 e. The van der Waals surface area contributed by atoms with Gasteiger partial charge in [-0.3, -0.25) is 4.68 Å². The zero-order valence-corrected chi connectivity index (χ0v) is 19.8. The fourth-order valence-corrected chi connectivity index (χ4v) is 4.49. The second-order valence-corrected chi connectivity index (χ2v) is 8.74. The summed E-state index contributed by atoms with van der Waals surface area (Å²) in [5.74, 6) is 2.30. The number of aryl methyl sites for hydroxylation is 2. The lowest BCUT2D eigenvalue weighted by molar-refractivity contribution is -0.679. The van der Waals surface area contributed by atoms with Crippen molar-refractivity contribution in [3.63, 3.8) is 0 Å². The molecule has 1 fully saturated rings. The average molecular weight is 474 g/mol. The number of aromatic nitrogens is 8. The smallest absolute Gasteiger partial charge is 0.431 e. The molecule has 0 radical (unpaired) electrons. The van der Waals surface area contributed by atoms with Crippen molar-refractivity contribution in [2.75, 3.05) is 25.1 Å². The van der Waals surface area contributed by atoms with E-state index in [2.05, 4.69) is 37.1 Å². The van der Waals surface area contributed by atoms with Gasteiger partial charge in [0, 0.05) is 55.2 Å². The first-order valence-electron chi connectivity index (χ1n) is 11.7. The minimum atomic E-state index is -0.197. The lowest BCUT2D eigenvalue weighted by Crippen LogP contribution is -2.50. The number of unbranched alkanes of at least 4 members (excludes halogenated alkanes) is 1. The van der Waals surface area contributed by atoms with Gasteiger partial charge in [-0.05, 0) is 11.5 Å². The van der Waals surface area contributed by atoms with Gasteiger partial charge in [0.1, 0.15) is 5.69 Å². The minimum absolute atomic E-state index is 0.197. The van der Waals surface area contributed by atoms with E-state index in [9.17, 15) is 4.79 Å². The van der Waals surface area contributed by atoms with Crippen LogP contribution in [-0.2, 0) is 6.54 Å². The zero-order chi connectivity index (χ0) is 24.1. The molecule has 6 heterocycles. The Bertz CT molecular complexity index is 1580. The highest BCUT2D eigenvalue weighted by atomic mass is 16.5. The molecule has 4 aromatic rings. The number of hydrogen-bond donors (Lipinski definition) is 0. The molecule has 4 aromatic heterocycles. The molecule has 0 N–H and O–H groups in total. The summed E-state index contributed by atoms with van der Waals surface area (Å²) in [5.41, 5.74) is 2.17. The summed E-state index contributed by atoms with van der Waals surface area (Å²) in [5, 5.41) is 13.4. The molecule has 0 aliphatic carbocycles. The summed E-state index contributed by atoms with van der Waals surface area (Å²) in [6, 6.07) is 1.93. The molecule has 0 spiro atoms. The molecule has 2 aliphatic rings. The quantitative estimate of drug-likeness (QED) is 0.354. The highest BCUT2D eigenvalue weighted by Crippen LogP contribution is 2.27. The summed E-state index contributed by atoms with van der Waals surface area (Å²) >= 11 is 0. The van der Waals surface area contributed by atoms with Gasteiger partial charge in [0.15, 0.2) is 5.36 Å². The molecule has 178 valence electrons. The first kappa shape index (κ1) is 21.3. The Morgan fingerprint density at radius 1 is 1.26 bits per heavy atom. The van der Waals surface area contributed by atoms with E-state index in [0.29, 0.717) is 28.8 Å². The molecule has 35 heavy (non-hydrogen) atoms. The van der Waals surface area contributed by atoms with Gasteiger partial charge in [-0.2, -0.15) is 10.1 Å². The van der Waals surface area contributed by atoms with Crippen LogP contribution < -0.4 is 25.1 Å². The maximum Gasteiger partial charge on any atom is 0.431 e. The van der Waals surface area contributed by atoms with E-state index in [0.717, 1.165) is 49.4 Å². The van der Waals surface area contributed by atoms with E-state index in [4.69, 9.17) is 9.73 Å². The maximum atomic E-state index is 13.2. The van der Waals surface area contributed by atoms with Crippen molar-refractivity contribution in [2.45, 2.75) is 39.3 Å². The second kappa shape index (κ2) is 8.22. The molecule has 2 aliphatic heterocycles. The molecule has 0 aromatic carbocycles. The molecule has 0 bridgehead atoms. The monoisotopic (exact) mass is 473 g/mol. The molecule has 12 heteroatoms. The van der Waals surface area contributed by atoms with Gasteiger partial charge < -0.3 is 9.64 Å². The predicted octanol–water partition coefficient (Wildman–Crippen LogP) is 0.392. The van der Waals surface area contributed by atoms with Crippen molar-refractivity contribution < 1.29 is 9.30 Å². The Kier molecular flexibility index (Phi) is 5.01.